The molecule has 1 aromatic heterocycles. The molecule has 4 nitrogen and oxygen atoms in total. The first kappa shape index (κ1) is 11.6. The Morgan fingerprint density at radius 2 is 2.24 bits per heavy atom. The van der Waals surface area contributed by atoms with Crippen molar-refractivity contribution >= 4 is 16.8 Å². The molecule has 2 rings (SSSR count). The number of rotatable bonds is 3. The number of aromatic nitrogens is 2. The minimum Gasteiger partial charge on any atom is -0.349 e. The molecule has 89 valence electrons. The predicted molar refractivity (Wildman–Crippen MR) is 67.5 cm³/mol. The van der Waals surface area contributed by atoms with Crippen LogP contribution in [0.1, 0.15) is 11.1 Å². The SMILES string of the molecule is Cc1cc(C[CH]C(=O)N(C)C)cc2cn[nH]c12. The molecule has 0 saturated heterocycles. The smallest absolute Gasteiger partial charge is 0.226 e. The minimum atomic E-state index is 0.0370. The van der Waals surface area contributed by atoms with E-state index in [0.29, 0.717) is 6.42 Å². The first-order chi connectivity index (χ1) is 8.08. The molecule has 0 aliphatic heterocycles. The molecule has 1 radical (unpaired) electrons. The molecule has 0 aliphatic carbocycles. The Kier molecular flexibility index (Phi) is 3.13. The number of nitrogens with zero attached hydrogens (tertiary/aromatic N) is 2. The van der Waals surface area contributed by atoms with E-state index in [2.05, 4.69) is 22.3 Å². The fraction of sp³-hybridized carbons (Fsp3) is 0.308. The molecule has 4 heteroatoms. The van der Waals surface area contributed by atoms with E-state index in [0.717, 1.165) is 22.0 Å². The highest BCUT2D eigenvalue weighted by molar-refractivity contribution is 5.85. The van der Waals surface area contributed by atoms with E-state index in [1.165, 1.54) is 0 Å². The molecule has 0 spiro atoms. The van der Waals surface area contributed by atoms with Crippen LogP contribution in [-0.4, -0.2) is 35.1 Å². The number of hydrogen-bond donors (Lipinski definition) is 1. The highest BCUT2D eigenvalue weighted by Crippen LogP contribution is 2.18. The van der Waals surface area contributed by atoms with Gasteiger partial charge >= 0.3 is 0 Å². The molecule has 17 heavy (non-hydrogen) atoms. The van der Waals surface area contributed by atoms with Gasteiger partial charge in [0.05, 0.1) is 18.1 Å². The van der Waals surface area contributed by atoms with Crippen molar-refractivity contribution in [3.63, 3.8) is 0 Å². The van der Waals surface area contributed by atoms with E-state index in [1.807, 2.05) is 6.92 Å². The largest absolute Gasteiger partial charge is 0.349 e. The lowest BCUT2D eigenvalue weighted by atomic mass is 10.0. The summed E-state index contributed by atoms with van der Waals surface area (Å²) in [6, 6.07) is 4.14. The monoisotopic (exact) mass is 230 g/mol. The lowest BCUT2D eigenvalue weighted by molar-refractivity contribution is -0.125. The maximum Gasteiger partial charge on any atom is 0.226 e. The number of carbonyl (C=O) groups is 1. The second-order valence-corrected chi connectivity index (χ2v) is 4.39. The lowest BCUT2D eigenvalue weighted by Gasteiger charge is -2.09. The number of aromatic amines is 1. The second-order valence-electron chi connectivity index (χ2n) is 4.39. The summed E-state index contributed by atoms with van der Waals surface area (Å²) in [7, 11) is 3.51. The summed E-state index contributed by atoms with van der Waals surface area (Å²) in [6.07, 6.45) is 4.15. The normalized spacial score (nSPS) is 10.8. The molecular weight excluding hydrogens is 214 g/mol. The molecule has 0 atom stereocenters. The molecule has 0 aliphatic rings. The quantitative estimate of drug-likeness (QED) is 0.872. The molecule has 1 heterocycles. The Morgan fingerprint density at radius 1 is 1.47 bits per heavy atom. The van der Waals surface area contributed by atoms with Gasteiger partial charge in [0.15, 0.2) is 0 Å². The lowest BCUT2D eigenvalue weighted by Crippen LogP contribution is -2.22. The summed E-state index contributed by atoms with van der Waals surface area (Å²) < 4.78 is 0. The predicted octanol–water partition coefficient (Wildman–Crippen LogP) is 1.71. The van der Waals surface area contributed by atoms with Crippen molar-refractivity contribution in [2.45, 2.75) is 13.3 Å². The molecule has 1 amide bonds. The molecule has 1 N–H and O–H groups in total. The molecule has 0 fully saturated rings. The summed E-state index contributed by atoms with van der Waals surface area (Å²) in [6.45, 7) is 2.04. The van der Waals surface area contributed by atoms with E-state index >= 15 is 0 Å². The van der Waals surface area contributed by atoms with Gasteiger partial charge in [-0.05, 0) is 30.5 Å². The second kappa shape index (κ2) is 4.57. The molecular formula is C13H16N3O. The Balaban J connectivity index is 2.16. The minimum absolute atomic E-state index is 0.0370. The number of fused-ring (bicyclic) bond motifs is 1. The van der Waals surface area contributed by atoms with Crippen molar-refractivity contribution in [2.75, 3.05) is 14.1 Å². The van der Waals surface area contributed by atoms with Crippen molar-refractivity contribution in [1.29, 1.82) is 0 Å². The maximum absolute atomic E-state index is 11.5. The third-order valence-electron chi connectivity index (χ3n) is 2.76. The van der Waals surface area contributed by atoms with Crippen LogP contribution in [0.25, 0.3) is 10.9 Å². The van der Waals surface area contributed by atoms with Gasteiger partial charge in [-0.15, -0.1) is 0 Å². The summed E-state index contributed by atoms with van der Waals surface area (Å²) in [5.74, 6) is 0.0370. The first-order valence-electron chi connectivity index (χ1n) is 5.55. The van der Waals surface area contributed by atoms with E-state index in [1.54, 1.807) is 31.6 Å². The number of hydrogen-bond acceptors (Lipinski definition) is 2. The summed E-state index contributed by atoms with van der Waals surface area (Å²) in [5, 5.41) is 8.07. The average Bonchev–Trinajstić information content (AvgIpc) is 2.74. The van der Waals surface area contributed by atoms with E-state index in [4.69, 9.17) is 0 Å². The van der Waals surface area contributed by atoms with Gasteiger partial charge in [-0.1, -0.05) is 6.07 Å². The third kappa shape index (κ3) is 2.46. The van der Waals surface area contributed by atoms with Crippen molar-refractivity contribution in [2.24, 2.45) is 0 Å². The van der Waals surface area contributed by atoms with Crippen LogP contribution in [0.2, 0.25) is 0 Å². The van der Waals surface area contributed by atoms with Gasteiger partial charge in [0.25, 0.3) is 0 Å². The third-order valence-corrected chi connectivity index (χ3v) is 2.76. The number of benzene rings is 1. The Hall–Kier alpha value is -1.84. The van der Waals surface area contributed by atoms with Crippen LogP contribution >= 0.6 is 0 Å². The van der Waals surface area contributed by atoms with Crippen LogP contribution in [0.5, 0.6) is 0 Å². The standard InChI is InChI=1S/C13H16N3O/c1-9-6-10(4-5-12(17)16(2)3)7-11-8-14-15-13(9)11/h5-8H,4H2,1-3H3,(H,14,15). The summed E-state index contributed by atoms with van der Waals surface area (Å²) in [5.41, 5.74) is 3.35. The van der Waals surface area contributed by atoms with Gasteiger partial charge in [-0.3, -0.25) is 9.89 Å². The summed E-state index contributed by atoms with van der Waals surface area (Å²) >= 11 is 0. The number of aryl methyl sites for hydroxylation is 1. The van der Waals surface area contributed by atoms with Gasteiger partial charge < -0.3 is 4.90 Å². The highest BCUT2D eigenvalue weighted by Gasteiger charge is 2.07. The van der Waals surface area contributed by atoms with Gasteiger partial charge in [0.1, 0.15) is 0 Å². The Morgan fingerprint density at radius 3 is 2.94 bits per heavy atom. The Bertz CT molecular complexity index is 543. The number of amides is 1. The molecule has 0 unspecified atom stereocenters. The zero-order valence-corrected chi connectivity index (χ0v) is 10.3. The zero-order valence-electron chi connectivity index (χ0n) is 10.3. The van der Waals surface area contributed by atoms with Crippen LogP contribution < -0.4 is 0 Å². The van der Waals surface area contributed by atoms with Crippen LogP contribution in [0.3, 0.4) is 0 Å². The van der Waals surface area contributed by atoms with E-state index < -0.39 is 0 Å². The maximum atomic E-state index is 11.5. The van der Waals surface area contributed by atoms with Crippen molar-refractivity contribution in [1.82, 2.24) is 15.1 Å². The van der Waals surface area contributed by atoms with Crippen LogP contribution in [0, 0.1) is 13.3 Å². The van der Waals surface area contributed by atoms with Crippen molar-refractivity contribution in [3.05, 3.63) is 35.9 Å². The van der Waals surface area contributed by atoms with Crippen LogP contribution in [-0.2, 0) is 11.2 Å². The number of H-pyrrole nitrogens is 1. The molecule has 2 aromatic rings. The fourth-order valence-corrected chi connectivity index (χ4v) is 1.82. The number of carbonyl (C=O) groups excluding carboxylic acids is 1. The Labute approximate surface area is 101 Å². The van der Waals surface area contributed by atoms with Crippen molar-refractivity contribution < 1.29 is 4.79 Å². The molecule has 0 bridgehead atoms. The van der Waals surface area contributed by atoms with Gasteiger partial charge in [0.2, 0.25) is 5.91 Å². The highest BCUT2D eigenvalue weighted by atomic mass is 16.2. The zero-order chi connectivity index (χ0) is 12.4. The van der Waals surface area contributed by atoms with Gasteiger partial charge in [-0.2, -0.15) is 5.10 Å². The molecule has 0 saturated carbocycles. The van der Waals surface area contributed by atoms with E-state index in [-0.39, 0.29) is 5.91 Å². The van der Waals surface area contributed by atoms with Crippen LogP contribution in [0.15, 0.2) is 18.3 Å². The summed E-state index contributed by atoms with van der Waals surface area (Å²) in [4.78, 5) is 13.0. The van der Waals surface area contributed by atoms with E-state index in [9.17, 15) is 4.79 Å². The first-order valence-corrected chi connectivity index (χ1v) is 5.55. The molecule has 1 aromatic carbocycles. The van der Waals surface area contributed by atoms with Gasteiger partial charge in [0, 0.05) is 19.5 Å². The van der Waals surface area contributed by atoms with Crippen LogP contribution in [0.4, 0.5) is 0 Å². The topological polar surface area (TPSA) is 49.0 Å². The number of nitrogens with one attached hydrogen (secondary N) is 1. The van der Waals surface area contributed by atoms with Crippen molar-refractivity contribution in [3.8, 4) is 0 Å². The fourth-order valence-electron chi connectivity index (χ4n) is 1.82. The van der Waals surface area contributed by atoms with Gasteiger partial charge in [-0.25, -0.2) is 0 Å². The average molecular weight is 230 g/mol.